The smallest absolute Gasteiger partial charge is 0.0497 e. The van der Waals surface area contributed by atoms with E-state index >= 15 is 0 Å². The lowest BCUT2D eigenvalue weighted by atomic mass is 9.75. The van der Waals surface area contributed by atoms with Gasteiger partial charge in [-0.3, -0.25) is 0 Å². The van der Waals surface area contributed by atoms with Crippen LogP contribution in [0, 0.1) is 0 Å². The van der Waals surface area contributed by atoms with Gasteiger partial charge in [0.05, 0.1) is 0 Å². The predicted molar refractivity (Wildman–Crippen MR) is 328 cm³/mol. The van der Waals surface area contributed by atoms with Gasteiger partial charge in [-0.15, -0.1) is 0 Å². The zero-order valence-electron chi connectivity index (χ0n) is 44.2. The molecule has 1 spiro atoms. The number of fused-ring (bicyclic) bond motifs is 11. The first kappa shape index (κ1) is 48.0. The van der Waals surface area contributed by atoms with Crippen LogP contribution in [-0.4, -0.2) is 12.6 Å². The molecule has 4 aliphatic carbocycles. The van der Waals surface area contributed by atoms with Crippen LogP contribution in [0.1, 0.15) is 93.8 Å². The molecule has 2 unspecified atom stereocenters. The Morgan fingerprint density at radius 1 is 0.545 bits per heavy atom. The Labute approximate surface area is 456 Å². The van der Waals surface area contributed by atoms with Gasteiger partial charge < -0.3 is 9.80 Å². The summed E-state index contributed by atoms with van der Waals surface area (Å²) in [5.74, 6) is 0.162. The number of allylic oxidation sites excluding steroid dienone is 11. The Morgan fingerprint density at radius 2 is 1.19 bits per heavy atom. The molecule has 0 aromatic heterocycles. The van der Waals surface area contributed by atoms with Gasteiger partial charge in [-0.05, 0) is 171 Å². The van der Waals surface area contributed by atoms with Crippen LogP contribution in [0.15, 0.2) is 254 Å². The normalized spacial score (nSPS) is 19.3. The fourth-order valence-corrected chi connectivity index (χ4v) is 13.2. The highest BCUT2D eigenvalue weighted by Gasteiger charge is 2.47. The van der Waals surface area contributed by atoms with Crippen LogP contribution in [-0.2, 0) is 24.7 Å². The number of nitrogens with zero attached hydrogens (tertiary/aromatic N) is 2. The maximum atomic E-state index is 4.26. The lowest BCUT2D eigenvalue weighted by molar-refractivity contribution is 0.563. The van der Waals surface area contributed by atoms with Gasteiger partial charge in [0.2, 0.25) is 0 Å². The maximum absolute atomic E-state index is 4.26. The Balaban J connectivity index is 0.000000651. The van der Waals surface area contributed by atoms with Gasteiger partial charge >= 0.3 is 0 Å². The summed E-state index contributed by atoms with van der Waals surface area (Å²) < 4.78 is 0. The van der Waals surface area contributed by atoms with E-state index in [2.05, 4.69) is 285 Å². The van der Waals surface area contributed by atoms with Crippen molar-refractivity contribution in [3.05, 3.63) is 316 Å². The van der Waals surface area contributed by atoms with Crippen molar-refractivity contribution in [2.45, 2.75) is 63.3 Å². The van der Waals surface area contributed by atoms with Crippen molar-refractivity contribution in [1.82, 2.24) is 0 Å². The molecule has 2 heterocycles. The second-order valence-electron chi connectivity index (χ2n) is 21.8. The lowest BCUT2D eigenvalue weighted by Gasteiger charge is -2.33. The first-order valence-electron chi connectivity index (χ1n) is 27.7. The molecule has 0 radical (unpaired) electrons. The molecule has 0 bridgehead atoms. The van der Waals surface area contributed by atoms with Crippen molar-refractivity contribution >= 4 is 41.0 Å². The third-order valence-electron chi connectivity index (χ3n) is 16.9. The summed E-state index contributed by atoms with van der Waals surface area (Å²) in [5.41, 5.74) is 27.6. The van der Waals surface area contributed by atoms with Crippen LogP contribution >= 0.6 is 0 Å². The minimum atomic E-state index is -0.168. The molecule has 6 aliphatic rings. The monoisotopic (exact) mass is 993 g/mol. The van der Waals surface area contributed by atoms with Crippen molar-refractivity contribution in [2.75, 3.05) is 16.3 Å². The van der Waals surface area contributed by atoms with Crippen molar-refractivity contribution in [3.8, 4) is 22.3 Å². The minimum Gasteiger partial charge on any atom is -0.341 e. The topological polar surface area (TPSA) is 6.48 Å². The first-order chi connectivity index (χ1) is 37.9. The van der Waals surface area contributed by atoms with Crippen LogP contribution in [0.5, 0.6) is 0 Å². The van der Waals surface area contributed by atoms with E-state index in [1.165, 1.54) is 118 Å². The highest BCUT2D eigenvalue weighted by molar-refractivity contribution is 5.89. The van der Waals surface area contributed by atoms with Gasteiger partial charge in [-0.1, -0.05) is 231 Å². The van der Waals surface area contributed by atoms with Crippen molar-refractivity contribution in [3.63, 3.8) is 0 Å². The Kier molecular flexibility index (Phi) is 12.7. The highest BCUT2D eigenvalue weighted by Crippen LogP contribution is 2.57. The number of para-hydroxylation sites is 2. The molecule has 0 N–H and O–H groups in total. The number of hydrogen-bond acceptors (Lipinski definition) is 2. The molecule has 8 aromatic rings. The van der Waals surface area contributed by atoms with Crippen molar-refractivity contribution in [2.24, 2.45) is 0 Å². The van der Waals surface area contributed by atoms with E-state index in [1.807, 2.05) is 0 Å². The van der Waals surface area contributed by atoms with E-state index in [-0.39, 0.29) is 17.4 Å². The van der Waals surface area contributed by atoms with E-state index in [0.717, 1.165) is 37.8 Å². The van der Waals surface area contributed by atoms with Crippen LogP contribution in [0.25, 0.3) is 40.5 Å². The number of benzene rings is 8. The third kappa shape index (κ3) is 9.02. The lowest BCUT2D eigenvalue weighted by Crippen LogP contribution is -2.29. The average molecular weight is 993 g/mol. The van der Waals surface area contributed by atoms with Gasteiger partial charge in [0, 0.05) is 46.7 Å². The maximum Gasteiger partial charge on any atom is 0.0497 e. The number of aryl methyl sites for hydroxylation is 1. The summed E-state index contributed by atoms with van der Waals surface area (Å²) >= 11 is 0. The molecule has 0 saturated heterocycles. The Bertz CT molecular complexity index is 3810. The quantitative estimate of drug-likeness (QED) is 0.159. The summed E-state index contributed by atoms with van der Waals surface area (Å²) in [6.07, 6.45) is 33.5. The van der Waals surface area contributed by atoms with E-state index in [1.54, 1.807) is 0 Å². The van der Waals surface area contributed by atoms with Crippen LogP contribution < -0.4 is 9.80 Å². The van der Waals surface area contributed by atoms with Crippen LogP contribution in [0.2, 0.25) is 0 Å². The molecule has 374 valence electrons. The zero-order chi connectivity index (χ0) is 51.9. The number of anilines is 4. The number of hydrogen-bond donors (Lipinski definition) is 0. The molecule has 2 heteroatoms. The predicted octanol–water partition coefficient (Wildman–Crippen LogP) is 18.8. The van der Waals surface area contributed by atoms with Gasteiger partial charge in [0.15, 0.2) is 0 Å². The molecule has 2 nitrogen and oxygen atoms in total. The molecular formula is C75H64N2. The second-order valence-corrected chi connectivity index (χ2v) is 21.8. The highest BCUT2D eigenvalue weighted by atomic mass is 15.2. The van der Waals surface area contributed by atoms with Crippen LogP contribution in [0.3, 0.4) is 0 Å². The fourth-order valence-electron chi connectivity index (χ4n) is 13.2. The molecule has 0 saturated carbocycles. The van der Waals surface area contributed by atoms with Crippen molar-refractivity contribution < 1.29 is 0 Å². The van der Waals surface area contributed by atoms with Crippen molar-refractivity contribution in [1.29, 1.82) is 0 Å². The van der Waals surface area contributed by atoms with Gasteiger partial charge in [-0.2, -0.15) is 0 Å². The van der Waals surface area contributed by atoms with Crippen LogP contribution in [0.4, 0.5) is 22.7 Å². The van der Waals surface area contributed by atoms with E-state index in [4.69, 9.17) is 0 Å². The molecule has 2 aliphatic heterocycles. The minimum absolute atomic E-state index is 0.109. The molecule has 0 amide bonds. The fraction of sp³-hybridized carbons (Fsp3) is 0.147. The van der Waals surface area contributed by atoms with E-state index in [9.17, 15) is 0 Å². The molecule has 14 rings (SSSR count). The average Bonchev–Trinajstić information content (AvgIpc) is 4.21. The third-order valence-corrected chi connectivity index (χ3v) is 16.9. The molecule has 77 heavy (non-hydrogen) atoms. The second kappa shape index (κ2) is 20.4. The van der Waals surface area contributed by atoms with Gasteiger partial charge in [-0.25, -0.2) is 0 Å². The molecule has 8 aromatic carbocycles. The molecule has 2 atom stereocenters. The summed E-state index contributed by atoms with van der Waals surface area (Å²) in [7, 11) is 0. The molecular weight excluding hydrogens is 929 g/mol. The first-order valence-corrected chi connectivity index (χ1v) is 27.7. The summed E-state index contributed by atoms with van der Waals surface area (Å²) in [4.78, 5) is 5.04. The SMILES string of the molecule is C=C1/C=C\C=C/C(C)N(c2ccc3c(c2)C2(Cc4ccccc4C2)c2cc(/C=C/c4ccc5c(c4)C(c4ccccc4)c4cc(N6CCCc7ccccc76)ccc4-5)ccc2-3)c2ccccc2/C=C\1.CC1=CC=CC=CC1. The Hall–Kier alpha value is -8.72. The summed E-state index contributed by atoms with van der Waals surface area (Å²) in [5, 5.41) is 0. The number of rotatable bonds is 5. The summed E-state index contributed by atoms with van der Waals surface area (Å²) in [6.45, 7) is 9.74. The molecule has 0 fully saturated rings. The van der Waals surface area contributed by atoms with Gasteiger partial charge in [0.25, 0.3) is 0 Å². The Morgan fingerprint density at radius 3 is 2.00 bits per heavy atom. The zero-order valence-corrected chi connectivity index (χ0v) is 44.2. The standard InChI is InChI=1S/C67H54N2.C8H10/c1-45-15-6-7-16-46(2)69(65-25-13-11-18-50(65)31-26-45)55-33-37-59-58-35-30-48(40-62(58)67(63(59)42-55)43-52-21-8-9-22-53(52)44-67)28-27-47-29-34-56-57-36-32-54(68-38-14-23-49-17-10-12-24-64(49)68)41-61(57)66(60(56)39-47)51-19-4-3-5-20-51;1-8-6-4-2-3-5-7-8/h3-13,15-22,24-37,39-42,46,66H,1,14,23,38,43-44H2,2H3;2-6H,7H2,1H3/b15-6-,16-7-,28-27+,31-26-;. The summed E-state index contributed by atoms with van der Waals surface area (Å²) in [6, 6.07) is 66.9. The van der Waals surface area contributed by atoms with E-state index < -0.39 is 0 Å². The van der Waals surface area contributed by atoms with Gasteiger partial charge in [0.1, 0.15) is 0 Å². The largest absolute Gasteiger partial charge is 0.341 e. The van der Waals surface area contributed by atoms with E-state index in [0.29, 0.717) is 0 Å².